The predicted octanol–water partition coefficient (Wildman–Crippen LogP) is 0.292. The van der Waals surface area contributed by atoms with Crippen molar-refractivity contribution >= 4 is 35.2 Å². The lowest BCUT2D eigenvalue weighted by Crippen LogP contribution is -2.13. The van der Waals surface area contributed by atoms with Gasteiger partial charge in [-0.1, -0.05) is 16.3 Å². The number of nitrogens with zero attached hydrogens (tertiary/aromatic N) is 2. The molecule has 0 radical (unpaired) electrons. The Bertz CT molecular complexity index is 366. The fourth-order valence-corrected chi connectivity index (χ4v) is 2.28. The monoisotopic (exact) mass is 247 g/mol. The quantitative estimate of drug-likeness (QED) is 0.593. The highest BCUT2D eigenvalue weighted by molar-refractivity contribution is 8.01. The first kappa shape index (κ1) is 11.9. The standard InChI is InChI=1S/C7H9N3O3S2/c1-2-13-4(11)3-14-7-5(6(8)12)9-10-15-7/h2-3H2,1H3,(H2,8,12). The highest BCUT2D eigenvalue weighted by atomic mass is 32.2. The van der Waals surface area contributed by atoms with Crippen molar-refractivity contribution in [3.63, 3.8) is 0 Å². The van der Waals surface area contributed by atoms with Gasteiger partial charge in [0.25, 0.3) is 5.91 Å². The van der Waals surface area contributed by atoms with Gasteiger partial charge in [0.1, 0.15) is 4.21 Å². The Morgan fingerprint density at radius 1 is 1.60 bits per heavy atom. The molecule has 1 amide bonds. The summed E-state index contributed by atoms with van der Waals surface area (Å²) in [4.78, 5) is 21.9. The van der Waals surface area contributed by atoms with E-state index in [0.29, 0.717) is 10.8 Å². The van der Waals surface area contributed by atoms with Crippen LogP contribution >= 0.6 is 23.3 Å². The Balaban J connectivity index is 2.54. The normalized spacial score (nSPS) is 9.93. The fraction of sp³-hybridized carbons (Fsp3) is 0.429. The zero-order valence-electron chi connectivity index (χ0n) is 7.93. The van der Waals surface area contributed by atoms with Gasteiger partial charge in [0, 0.05) is 0 Å². The zero-order valence-corrected chi connectivity index (χ0v) is 9.56. The molecule has 0 atom stereocenters. The Morgan fingerprint density at radius 2 is 2.33 bits per heavy atom. The number of ether oxygens (including phenoxy) is 1. The van der Waals surface area contributed by atoms with Crippen molar-refractivity contribution in [2.45, 2.75) is 11.1 Å². The van der Waals surface area contributed by atoms with Crippen LogP contribution < -0.4 is 5.73 Å². The number of nitrogens with two attached hydrogens (primary N) is 1. The Hall–Kier alpha value is -1.15. The van der Waals surface area contributed by atoms with Gasteiger partial charge in [0.05, 0.1) is 12.4 Å². The maximum Gasteiger partial charge on any atom is 0.316 e. The van der Waals surface area contributed by atoms with E-state index in [1.54, 1.807) is 6.92 Å². The molecule has 0 spiro atoms. The van der Waals surface area contributed by atoms with Crippen LogP contribution in [0, 0.1) is 0 Å². The topological polar surface area (TPSA) is 95.2 Å². The molecule has 1 rings (SSSR count). The third-order valence-electron chi connectivity index (χ3n) is 1.32. The van der Waals surface area contributed by atoms with Crippen molar-refractivity contribution in [3.05, 3.63) is 5.69 Å². The summed E-state index contributed by atoms with van der Waals surface area (Å²) < 4.78 is 8.85. The average Bonchev–Trinajstić information content (AvgIpc) is 2.63. The van der Waals surface area contributed by atoms with Crippen LogP contribution in [-0.2, 0) is 9.53 Å². The molecule has 6 nitrogen and oxygen atoms in total. The lowest BCUT2D eigenvalue weighted by Gasteiger charge is -1.99. The molecule has 1 aromatic rings. The lowest BCUT2D eigenvalue weighted by atomic mass is 10.5. The SMILES string of the molecule is CCOC(=O)CSc1snnc1C(N)=O. The van der Waals surface area contributed by atoms with E-state index in [4.69, 9.17) is 10.5 Å². The molecule has 1 aromatic heterocycles. The third kappa shape index (κ3) is 3.48. The first-order valence-corrected chi connectivity index (χ1v) is 5.81. The van der Waals surface area contributed by atoms with Gasteiger partial charge >= 0.3 is 5.97 Å². The van der Waals surface area contributed by atoms with Crippen molar-refractivity contribution in [1.82, 2.24) is 9.59 Å². The van der Waals surface area contributed by atoms with E-state index in [1.807, 2.05) is 0 Å². The summed E-state index contributed by atoms with van der Waals surface area (Å²) in [5, 5.41) is 3.56. The average molecular weight is 247 g/mol. The smallest absolute Gasteiger partial charge is 0.316 e. The first-order valence-electron chi connectivity index (χ1n) is 4.05. The summed E-state index contributed by atoms with van der Waals surface area (Å²) in [5.41, 5.74) is 5.17. The van der Waals surface area contributed by atoms with Gasteiger partial charge in [-0.15, -0.1) is 5.10 Å². The minimum atomic E-state index is -0.643. The second-order valence-corrected chi connectivity index (χ2v) is 4.37. The highest BCUT2D eigenvalue weighted by Crippen LogP contribution is 2.24. The van der Waals surface area contributed by atoms with Gasteiger partial charge in [-0.3, -0.25) is 9.59 Å². The van der Waals surface area contributed by atoms with Gasteiger partial charge in [-0.05, 0) is 18.5 Å². The minimum absolute atomic E-state index is 0.106. The van der Waals surface area contributed by atoms with Crippen molar-refractivity contribution in [2.24, 2.45) is 5.73 Å². The van der Waals surface area contributed by atoms with E-state index in [1.165, 1.54) is 0 Å². The number of hydrogen-bond donors (Lipinski definition) is 1. The van der Waals surface area contributed by atoms with Gasteiger partial charge in [-0.2, -0.15) is 0 Å². The van der Waals surface area contributed by atoms with Crippen LogP contribution in [0.1, 0.15) is 17.4 Å². The molecule has 0 bridgehead atoms. The van der Waals surface area contributed by atoms with Gasteiger partial charge in [0.15, 0.2) is 5.69 Å². The van der Waals surface area contributed by atoms with Crippen LogP contribution in [0.5, 0.6) is 0 Å². The number of rotatable bonds is 5. The maximum atomic E-state index is 11.0. The molecule has 0 saturated carbocycles. The predicted molar refractivity (Wildman–Crippen MR) is 55.8 cm³/mol. The molecule has 0 saturated heterocycles. The summed E-state index contributed by atoms with van der Waals surface area (Å²) in [7, 11) is 0. The number of primary amides is 1. The van der Waals surface area contributed by atoms with E-state index in [2.05, 4.69) is 9.59 Å². The fourth-order valence-electron chi connectivity index (χ4n) is 0.754. The zero-order chi connectivity index (χ0) is 11.3. The number of thioether (sulfide) groups is 1. The number of carbonyl (C=O) groups excluding carboxylic acids is 2. The molecule has 2 N–H and O–H groups in total. The van der Waals surface area contributed by atoms with Crippen LogP contribution in [0.15, 0.2) is 4.21 Å². The van der Waals surface area contributed by atoms with Crippen LogP contribution in [-0.4, -0.2) is 33.8 Å². The van der Waals surface area contributed by atoms with E-state index < -0.39 is 5.91 Å². The molecule has 0 fully saturated rings. The molecule has 8 heteroatoms. The molecule has 0 aromatic carbocycles. The summed E-state index contributed by atoms with van der Waals surface area (Å²) in [6.07, 6.45) is 0. The summed E-state index contributed by atoms with van der Waals surface area (Å²) in [5.74, 6) is -0.862. The Labute approximate surface area is 94.3 Å². The third-order valence-corrected chi connectivity index (χ3v) is 3.25. The van der Waals surface area contributed by atoms with E-state index in [-0.39, 0.29) is 17.4 Å². The van der Waals surface area contributed by atoms with Crippen LogP contribution in [0.2, 0.25) is 0 Å². The van der Waals surface area contributed by atoms with Crippen LogP contribution in [0.4, 0.5) is 0 Å². The highest BCUT2D eigenvalue weighted by Gasteiger charge is 2.15. The first-order chi connectivity index (χ1) is 7.15. The molecule has 0 aliphatic rings. The van der Waals surface area contributed by atoms with Crippen molar-refractivity contribution in [2.75, 3.05) is 12.4 Å². The van der Waals surface area contributed by atoms with Crippen LogP contribution in [0.3, 0.4) is 0 Å². The van der Waals surface area contributed by atoms with Crippen molar-refractivity contribution in [3.8, 4) is 0 Å². The van der Waals surface area contributed by atoms with Crippen molar-refractivity contribution in [1.29, 1.82) is 0 Å². The van der Waals surface area contributed by atoms with Gasteiger partial charge in [-0.25, -0.2) is 0 Å². The van der Waals surface area contributed by atoms with Crippen molar-refractivity contribution < 1.29 is 14.3 Å². The maximum absolute atomic E-state index is 11.0. The molecule has 1 heterocycles. The van der Waals surface area contributed by atoms with Gasteiger partial charge < -0.3 is 10.5 Å². The summed E-state index contributed by atoms with van der Waals surface area (Å²) in [6.45, 7) is 2.06. The number of carbonyl (C=O) groups is 2. The lowest BCUT2D eigenvalue weighted by molar-refractivity contribution is -0.139. The number of hydrogen-bond acceptors (Lipinski definition) is 7. The summed E-state index contributed by atoms with van der Waals surface area (Å²) >= 11 is 2.18. The van der Waals surface area contributed by atoms with E-state index >= 15 is 0 Å². The van der Waals surface area contributed by atoms with Gasteiger partial charge in [0.2, 0.25) is 0 Å². The largest absolute Gasteiger partial charge is 0.465 e. The number of aromatic nitrogens is 2. The molecule has 0 aliphatic heterocycles. The molecular formula is C7H9N3O3S2. The Morgan fingerprint density at radius 3 is 2.93 bits per heavy atom. The number of amides is 1. The second-order valence-electron chi connectivity index (χ2n) is 2.37. The Kier molecular flexibility index (Phi) is 4.50. The molecule has 15 heavy (non-hydrogen) atoms. The second kappa shape index (κ2) is 5.66. The molecule has 0 aliphatic carbocycles. The molecular weight excluding hydrogens is 238 g/mol. The molecule has 82 valence electrons. The van der Waals surface area contributed by atoms with E-state index in [0.717, 1.165) is 23.3 Å². The number of esters is 1. The van der Waals surface area contributed by atoms with E-state index in [9.17, 15) is 9.59 Å². The molecule has 0 unspecified atom stereocenters. The van der Waals surface area contributed by atoms with Crippen LogP contribution in [0.25, 0.3) is 0 Å². The minimum Gasteiger partial charge on any atom is -0.465 e. The summed E-state index contributed by atoms with van der Waals surface area (Å²) in [6, 6.07) is 0.